The SMILES string of the molecule is Cn1ncc(C(=O)N2CCC2)c1C(=O)Nc1ccn2cc(-c3cccc(OCF)c3)nc2n1. The van der Waals surface area contributed by atoms with Crippen molar-refractivity contribution in [2.24, 2.45) is 7.05 Å². The minimum atomic E-state index is -0.915. The molecule has 1 aliphatic heterocycles. The maximum atomic E-state index is 13.0. The summed E-state index contributed by atoms with van der Waals surface area (Å²) < 4.78 is 20.5. The maximum absolute atomic E-state index is 13.0. The second-order valence-corrected chi connectivity index (χ2v) is 7.56. The second-order valence-electron chi connectivity index (χ2n) is 7.56. The molecule has 1 saturated heterocycles. The van der Waals surface area contributed by atoms with Gasteiger partial charge in [0.2, 0.25) is 12.6 Å². The zero-order valence-electron chi connectivity index (χ0n) is 17.7. The zero-order chi connectivity index (χ0) is 22.9. The molecule has 1 aliphatic rings. The molecule has 0 radical (unpaired) electrons. The lowest BCUT2D eigenvalue weighted by Crippen LogP contribution is -2.42. The standard InChI is InChI=1S/C22H20FN7O3/c1-28-19(16(11-24-28)21(32)29-7-3-8-29)20(31)26-18-6-9-30-12-17(25-22(30)27-18)14-4-2-5-15(10-14)33-13-23/h2,4-6,9-12H,3,7-8,13H2,1H3,(H,25,26,27,31). The number of carbonyl (C=O) groups is 2. The number of imidazole rings is 1. The topological polar surface area (TPSA) is 107 Å². The van der Waals surface area contributed by atoms with Gasteiger partial charge in [-0.1, -0.05) is 12.1 Å². The lowest BCUT2D eigenvalue weighted by Gasteiger charge is -2.30. The van der Waals surface area contributed by atoms with Crippen molar-refractivity contribution in [3.63, 3.8) is 0 Å². The predicted molar refractivity (Wildman–Crippen MR) is 117 cm³/mol. The number of hydrogen-bond acceptors (Lipinski definition) is 6. The van der Waals surface area contributed by atoms with Crippen LogP contribution in [0.15, 0.2) is 48.9 Å². The molecule has 1 fully saturated rings. The van der Waals surface area contributed by atoms with E-state index in [1.165, 1.54) is 10.9 Å². The van der Waals surface area contributed by atoms with Gasteiger partial charge < -0.3 is 15.0 Å². The highest BCUT2D eigenvalue weighted by Crippen LogP contribution is 2.24. The fraction of sp³-hybridized carbons (Fsp3) is 0.227. The van der Waals surface area contributed by atoms with E-state index < -0.39 is 12.8 Å². The molecule has 4 heterocycles. The summed E-state index contributed by atoms with van der Waals surface area (Å²) >= 11 is 0. The first-order chi connectivity index (χ1) is 16.0. The van der Waals surface area contributed by atoms with Gasteiger partial charge in [-0.3, -0.25) is 18.7 Å². The maximum Gasteiger partial charge on any atom is 0.275 e. The summed E-state index contributed by atoms with van der Waals surface area (Å²) in [5.74, 6) is 0.343. The summed E-state index contributed by atoms with van der Waals surface area (Å²) in [6.07, 6.45) is 5.85. The molecule has 1 aromatic carbocycles. The lowest BCUT2D eigenvalue weighted by atomic mass is 10.1. The van der Waals surface area contributed by atoms with Gasteiger partial charge in [0.25, 0.3) is 11.8 Å². The zero-order valence-corrected chi connectivity index (χ0v) is 17.7. The Morgan fingerprint density at radius 1 is 1.21 bits per heavy atom. The number of nitrogens with one attached hydrogen (secondary N) is 1. The third kappa shape index (κ3) is 3.88. The summed E-state index contributed by atoms with van der Waals surface area (Å²) in [5, 5.41) is 6.81. The van der Waals surface area contributed by atoms with Gasteiger partial charge in [0.15, 0.2) is 0 Å². The predicted octanol–water partition coefficient (Wildman–Crippen LogP) is 2.53. The van der Waals surface area contributed by atoms with Crippen LogP contribution < -0.4 is 10.1 Å². The molecule has 0 unspecified atom stereocenters. The van der Waals surface area contributed by atoms with Gasteiger partial charge in [0.1, 0.15) is 17.3 Å². The van der Waals surface area contributed by atoms with Crippen LogP contribution in [0.2, 0.25) is 0 Å². The molecule has 1 N–H and O–H groups in total. The van der Waals surface area contributed by atoms with Crippen molar-refractivity contribution in [2.75, 3.05) is 25.3 Å². The molecule has 11 heteroatoms. The quantitative estimate of drug-likeness (QED) is 0.485. The summed E-state index contributed by atoms with van der Waals surface area (Å²) in [6, 6.07) is 8.55. The van der Waals surface area contributed by atoms with Crippen LogP contribution in [0.1, 0.15) is 27.3 Å². The van der Waals surface area contributed by atoms with Crippen LogP contribution in [0.5, 0.6) is 5.75 Å². The molecule has 0 bridgehead atoms. The number of anilines is 1. The number of aromatic nitrogens is 5. The molecule has 3 aromatic heterocycles. The largest absolute Gasteiger partial charge is 0.463 e. The van der Waals surface area contributed by atoms with Gasteiger partial charge in [-0.15, -0.1) is 0 Å². The van der Waals surface area contributed by atoms with Crippen LogP contribution in [0.4, 0.5) is 10.2 Å². The lowest BCUT2D eigenvalue weighted by molar-refractivity contribution is 0.0648. The van der Waals surface area contributed by atoms with Crippen molar-refractivity contribution in [3.05, 3.63) is 60.2 Å². The van der Waals surface area contributed by atoms with E-state index in [9.17, 15) is 14.0 Å². The number of alkyl halides is 1. The Bertz CT molecular complexity index is 1360. The van der Waals surface area contributed by atoms with E-state index in [1.807, 2.05) is 6.07 Å². The van der Waals surface area contributed by atoms with Crippen molar-refractivity contribution < 1.29 is 18.7 Å². The minimum Gasteiger partial charge on any atom is -0.463 e. The Labute approximate surface area is 187 Å². The van der Waals surface area contributed by atoms with Gasteiger partial charge in [0, 0.05) is 38.1 Å². The molecule has 0 saturated carbocycles. The molecular formula is C22H20FN7O3. The van der Waals surface area contributed by atoms with Gasteiger partial charge in [-0.05, 0) is 24.6 Å². The van der Waals surface area contributed by atoms with E-state index in [0.29, 0.717) is 30.3 Å². The average Bonchev–Trinajstić information content (AvgIpc) is 3.36. The first-order valence-corrected chi connectivity index (χ1v) is 10.3. The van der Waals surface area contributed by atoms with Crippen molar-refractivity contribution in [1.29, 1.82) is 0 Å². The average molecular weight is 449 g/mol. The van der Waals surface area contributed by atoms with E-state index in [0.717, 1.165) is 12.0 Å². The molecule has 168 valence electrons. The summed E-state index contributed by atoms with van der Waals surface area (Å²) in [6.45, 7) is 0.442. The highest BCUT2D eigenvalue weighted by atomic mass is 19.1. The third-order valence-electron chi connectivity index (χ3n) is 5.45. The molecule has 0 aliphatic carbocycles. The Morgan fingerprint density at radius 3 is 2.82 bits per heavy atom. The Kier molecular flexibility index (Phi) is 5.21. The number of benzene rings is 1. The van der Waals surface area contributed by atoms with Crippen molar-refractivity contribution in [1.82, 2.24) is 29.0 Å². The first-order valence-electron chi connectivity index (χ1n) is 10.3. The van der Waals surface area contributed by atoms with E-state index in [-0.39, 0.29) is 23.0 Å². The number of likely N-dealkylation sites (tertiary alicyclic amines) is 1. The summed E-state index contributed by atoms with van der Waals surface area (Å²) in [7, 11) is 1.61. The van der Waals surface area contributed by atoms with E-state index in [4.69, 9.17) is 4.74 Å². The number of hydrogen-bond donors (Lipinski definition) is 1. The number of amides is 2. The molecule has 4 aromatic rings. The van der Waals surface area contributed by atoms with E-state index in [2.05, 4.69) is 20.4 Å². The van der Waals surface area contributed by atoms with Crippen molar-refractivity contribution >= 4 is 23.4 Å². The minimum absolute atomic E-state index is 0.169. The van der Waals surface area contributed by atoms with Gasteiger partial charge >= 0.3 is 0 Å². The highest BCUT2D eigenvalue weighted by molar-refractivity contribution is 6.10. The van der Waals surface area contributed by atoms with Crippen molar-refractivity contribution in [2.45, 2.75) is 6.42 Å². The Balaban J connectivity index is 1.39. The van der Waals surface area contributed by atoms with Gasteiger partial charge in [-0.2, -0.15) is 10.1 Å². The van der Waals surface area contributed by atoms with Crippen LogP contribution in [0.25, 0.3) is 17.0 Å². The number of fused-ring (bicyclic) bond motifs is 1. The molecular weight excluding hydrogens is 429 g/mol. The summed E-state index contributed by atoms with van der Waals surface area (Å²) in [4.78, 5) is 36.2. The third-order valence-corrected chi connectivity index (χ3v) is 5.45. The van der Waals surface area contributed by atoms with E-state index >= 15 is 0 Å². The van der Waals surface area contributed by atoms with Crippen LogP contribution >= 0.6 is 0 Å². The molecule has 33 heavy (non-hydrogen) atoms. The van der Waals surface area contributed by atoms with Crippen LogP contribution in [-0.2, 0) is 7.05 Å². The number of rotatable bonds is 6. The first kappa shape index (κ1) is 20.6. The molecule has 0 spiro atoms. The van der Waals surface area contributed by atoms with Crippen molar-refractivity contribution in [3.8, 4) is 17.0 Å². The summed E-state index contributed by atoms with van der Waals surface area (Å²) in [5.41, 5.74) is 1.78. The number of nitrogens with zero attached hydrogens (tertiary/aromatic N) is 6. The van der Waals surface area contributed by atoms with Gasteiger partial charge in [-0.25, -0.2) is 9.37 Å². The number of carbonyl (C=O) groups excluding carboxylic acids is 2. The fourth-order valence-corrected chi connectivity index (χ4v) is 3.62. The van der Waals surface area contributed by atoms with Crippen LogP contribution in [0, 0.1) is 0 Å². The van der Waals surface area contributed by atoms with Gasteiger partial charge in [0.05, 0.1) is 17.5 Å². The van der Waals surface area contributed by atoms with Crippen LogP contribution in [0.3, 0.4) is 0 Å². The number of aryl methyl sites for hydroxylation is 1. The molecule has 2 amide bonds. The monoisotopic (exact) mass is 449 g/mol. The normalized spacial score (nSPS) is 13.1. The highest BCUT2D eigenvalue weighted by Gasteiger charge is 2.28. The molecule has 5 rings (SSSR count). The number of halogens is 1. The smallest absolute Gasteiger partial charge is 0.275 e. The Morgan fingerprint density at radius 2 is 2.06 bits per heavy atom. The molecule has 10 nitrogen and oxygen atoms in total. The fourth-order valence-electron chi connectivity index (χ4n) is 3.62. The second kappa shape index (κ2) is 8.34. The molecule has 0 atom stereocenters. The van der Waals surface area contributed by atoms with Crippen LogP contribution in [-0.4, -0.2) is 60.8 Å². The van der Waals surface area contributed by atoms with E-state index in [1.54, 1.807) is 53.0 Å². The number of ether oxygens (including phenoxy) is 1. The Hall–Kier alpha value is -4.28.